The van der Waals surface area contributed by atoms with Crippen molar-refractivity contribution in [2.75, 3.05) is 5.01 Å². The number of halogens is 1. The van der Waals surface area contributed by atoms with E-state index in [4.69, 9.17) is 23.8 Å². The van der Waals surface area contributed by atoms with Gasteiger partial charge in [-0.3, -0.25) is 5.01 Å². The molecular weight excluding hydrogens is 213 g/mol. The third kappa shape index (κ3) is 2.43. The maximum absolute atomic E-state index is 13.6. The maximum atomic E-state index is 13.6. The summed E-state index contributed by atoms with van der Waals surface area (Å²) in [5, 5.41) is 0.946. The molecule has 1 aromatic carbocycles. The lowest BCUT2D eigenvalue weighted by Crippen LogP contribution is -2.42. The van der Waals surface area contributed by atoms with Crippen molar-refractivity contribution in [2.45, 2.75) is 19.8 Å². The van der Waals surface area contributed by atoms with E-state index in [1.807, 2.05) is 13.8 Å². The molecule has 0 spiro atoms. The fourth-order valence-corrected chi connectivity index (χ4v) is 1.45. The molecule has 82 valence electrons. The summed E-state index contributed by atoms with van der Waals surface area (Å²) in [5.74, 6) is 5.33. The highest BCUT2D eigenvalue weighted by molar-refractivity contribution is 7.80. The molecule has 0 radical (unpaired) electrons. The third-order valence-electron chi connectivity index (χ3n) is 2.12. The van der Waals surface area contributed by atoms with Gasteiger partial charge in [-0.25, -0.2) is 10.2 Å². The molecule has 0 aliphatic carbocycles. The van der Waals surface area contributed by atoms with Crippen LogP contribution in [0.4, 0.5) is 10.1 Å². The number of nitrogens with two attached hydrogens (primary N) is 2. The zero-order valence-electron chi connectivity index (χ0n) is 8.70. The van der Waals surface area contributed by atoms with Gasteiger partial charge in [0.05, 0.1) is 5.69 Å². The van der Waals surface area contributed by atoms with E-state index in [0.29, 0.717) is 0 Å². The van der Waals surface area contributed by atoms with Gasteiger partial charge in [0.2, 0.25) is 0 Å². The number of nitrogens with zero attached hydrogens (tertiary/aromatic N) is 1. The van der Waals surface area contributed by atoms with Crippen molar-refractivity contribution in [3.8, 4) is 0 Å². The number of hydrogen-bond donors (Lipinski definition) is 2. The van der Waals surface area contributed by atoms with Crippen molar-refractivity contribution in [1.29, 1.82) is 0 Å². The second-order valence-electron chi connectivity index (χ2n) is 3.54. The average molecular weight is 227 g/mol. The molecule has 0 unspecified atom stereocenters. The van der Waals surface area contributed by atoms with Gasteiger partial charge < -0.3 is 5.73 Å². The predicted molar refractivity (Wildman–Crippen MR) is 63.9 cm³/mol. The predicted octanol–water partition coefficient (Wildman–Crippen LogP) is 1.87. The van der Waals surface area contributed by atoms with Crippen LogP contribution < -0.4 is 16.6 Å². The Labute approximate surface area is 93.8 Å². The minimum atomic E-state index is -0.420. The molecular formula is C10H14FN3S. The fraction of sp³-hybridized carbons (Fsp3) is 0.300. The van der Waals surface area contributed by atoms with Gasteiger partial charge in [-0.15, -0.1) is 0 Å². The molecule has 15 heavy (non-hydrogen) atoms. The second-order valence-corrected chi connectivity index (χ2v) is 3.96. The highest BCUT2D eigenvalue weighted by Crippen LogP contribution is 2.28. The topological polar surface area (TPSA) is 55.3 Å². The van der Waals surface area contributed by atoms with Crippen molar-refractivity contribution in [3.05, 3.63) is 29.6 Å². The number of hydrazine groups is 1. The first-order chi connectivity index (χ1) is 6.95. The smallest absolute Gasteiger partial charge is 0.185 e. The van der Waals surface area contributed by atoms with Crippen LogP contribution in [0.3, 0.4) is 0 Å². The normalized spacial score (nSPS) is 10.5. The molecule has 4 N–H and O–H groups in total. The molecule has 0 aliphatic rings. The molecule has 1 rings (SSSR count). The largest absolute Gasteiger partial charge is 0.375 e. The first kappa shape index (κ1) is 11.9. The maximum Gasteiger partial charge on any atom is 0.185 e. The van der Waals surface area contributed by atoms with Gasteiger partial charge in [0, 0.05) is 0 Å². The Kier molecular flexibility index (Phi) is 3.60. The Bertz CT molecular complexity index is 379. The van der Waals surface area contributed by atoms with Crippen LogP contribution >= 0.6 is 12.2 Å². The average Bonchev–Trinajstić information content (AvgIpc) is 2.16. The van der Waals surface area contributed by atoms with Crippen LogP contribution in [0.1, 0.15) is 25.3 Å². The van der Waals surface area contributed by atoms with Gasteiger partial charge in [-0.2, -0.15) is 0 Å². The highest BCUT2D eigenvalue weighted by atomic mass is 32.1. The van der Waals surface area contributed by atoms with E-state index in [2.05, 4.69) is 0 Å². The van der Waals surface area contributed by atoms with Gasteiger partial charge in [-0.1, -0.05) is 26.0 Å². The summed E-state index contributed by atoms with van der Waals surface area (Å²) < 4.78 is 13.6. The van der Waals surface area contributed by atoms with Crippen molar-refractivity contribution in [3.63, 3.8) is 0 Å². The van der Waals surface area contributed by atoms with Gasteiger partial charge in [0.25, 0.3) is 0 Å². The minimum absolute atomic E-state index is 0.0537. The lowest BCUT2D eigenvalue weighted by molar-refractivity contribution is 0.622. The summed E-state index contributed by atoms with van der Waals surface area (Å²) in [6.45, 7) is 3.90. The van der Waals surface area contributed by atoms with E-state index in [1.165, 1.54) is 6.07 Å². The lowest BCUT2D eigenvalue weighted by Gasteiger charge is -2.22. The quantitative estimate of drug-likeness (QED) is 0.460. The number of anilines is 1. The summed E-state index contributed by atoms with van der Waals surface area (Å²) >= 11 is 4.72. The Balaban J connectivity index is 3.30. The molecule has 0 saturated heterocycles. The van der Waals surface area contributed by atoms with Crippen molar-refractivity contribution in [2.24, 2.45) is 11.6 Å². The first-order valence-corrected chi connectivity index (χ1v) is 4.98. The van der Waals surface area contributed by atoms with Gasteiger partial charge >= 0.3 is 0 Å². The summed E-state index contributed by atoms with van der Waals surface area (Å²) in [7, 11) is 0. The van der Waals surface area contributed by atoms with Gasteiger partial charge in [0.15, 0.2) is 5.11 Å². The molecule has 0 fully saturated rings. The molecule has 0 aliphatic heterocycles. The number of hydrogen-bond acceptors (Lipinski definition) is 2. The van der Waals surface area contributed by atoms with E-state index < -0.39 is 5.82 Å². The molecule has 0 bridgehead atoms. The van der Waals surface area contributed by atoms with E-state index in [1.54, 1.807) is 12.1 Å². The summed E-state index contributed by atoms with van der Waals surface area (Å²) in [6.07, 6.45) is 0. The molecule has 3 nitrogen and oxygen atoms in total. The fourth-order valence-electron chi connectivity index (χ4n) is 1.36. The van der Waals surface area contributed by atoms with Crippen LogP contribution in [-0.4, -0.2) is 5.11 Å². The van der Waals surface area contributed by atoms with Crippen LogP contribution in [-0.2, 0) is 0 Å². The van der Waals surface area contributed by atoms with Crippen molar-refractivity contribution in [1.82, 2.24) is 0 Å². The summed E-state index contributed by atoms with van der Waals surface area (Å²) in [4.78, 5) is 0. The highest BCUT2D eigenvalue weighted by Gasteiger charge is 2.17. The van der Waals surface area contributed by atoms with E-state index in [0.717, 1.165) is 10.6 Å². The number of para-hydroxylation sites is 1. The molecule has 0 heterocycles. The monoisotopic (exact) mass is 227 g/mol. The third-order valence-corrected chi connectivity index (χ3v) is 2.32. The molecule has 0 saturated carbocycles. The second kappa shape index (κ2) is 4.55. The molecule has 0 amide bonds. The SMILES string of the molecule is CC(C)c1cccc(F)c1N(N)C(N)=S. The zero-order chi connectivity index (χ0) is 11.6. The van der Waals surface area contributed by atoms with Crippen LogP contribution in [0.15, 0.2) is 18.2 Å². The number of thiocarbonyl (C=S) groups is 1. The molecule has 0 atom stereocenters. The Morgan fingerprint density at radius 3 is 2.53 bits per heavy atom. The van der Waals surface area contributed by atoms with Crippen LogP contribution in [0.2, 0.25) is 0 Å². The summed E-state index contributed by atoms with van der Waals surface area (Å²) in [5.41, 5.74) is 6.40. The van der Waals surface area contributed by atoms with E-state index in [-0.39, 0.29) is 16.7 Å². The Morgan fingerprint density at radius 1 is 1.47 bits per heavy atom. The molecule has 5 heteroatoms. The summed E-state index contributed by atoms with van der Waals surface area (Å²) in [6, 6.07) is 4.78. The van der Waals surface area contributed by atoms with Gasteiger partial charge in [0.1, 0.15) is 5.82 Å². The Morgan fingerprint density at radius 2 is 2.07 bits per heavy atom. The number of benzene rings is 1. The number of rotatable bonds is 2. The van der Waals surface area contributed by atoms with Crippen LogP contribution in [0.5, 0.6) is 0 Å². The Hall–Kier alpha value is -1.20. The van der Waals surface area contributed by atoms with Crippen LogP contribution in [0, 0.1) is 5.82 Å². The molecule has 1 aromatic rings. The lowest BCUT2D eigenvalue weighted by atomic mass is 10.0. The van der Waals surface area contributed by atoms with Crippen molar-refractivity contribution >= 4 is 23.0 Å². The van der Waals surface area contributed by atoms with E-state index in [9.17, 15) is 4.39 Å². The zero-order valence-corrected chi connectivity index (χ0v) is 9.51. The standard InChI is InChI=1S/C10H14FN3S/c1-6(2)7-4-3-5-8(11)9(7)14(13)10(12)15/h3-6H,13H2,1-2H3,(H2,12,15). The van der Waals surface area contributed by atoms with Crippen molar-refractivity contribution < 1.29 is 4.39 Å². The first-order valence-electron chi connectivity index (χ1n) is 4.57. The van der Waals surface area contributed by atoms with E-state index >= 15 is 0 Å². The molecule has 0 aromatic heterocycles. The van der Waals surface area contributed by atoms with Gasteiger partial charge in [-0.05, 0) is 29.8 Å². The van der Waals surface area contributed by atoms with Crippen LogP contribution in [0.25, 0.3) is 0 Å². The minimum Gasteiger partial charge on any atom is -0.375 e.